The molecule has 1 aliphatic carbocycles. The minimum atomic E-state index is 0.497. The van der Waals surface area contributed by atoms with Gasteiger partial charge in [-0.2, -0.15) is 0 Å². The lowest BCUT2D eigenvalue weighted by atomic mass is 9.98. The molecular weight excluding hydrogens is 286 g/mol. The minimum absolute atomic E-state index is 0.497. The zero-order valence-corrected chi connectivity index (χ0v) is 14.3. The quantitative estimate of drug-likeness (QED) is 0.763. The monoisotopic (exact) mass is 317 g/mol. The summed E-state index contributed by atoms with van der Waals surface area (Å²) in [5.74, 6) is 0. The SMILES string of the molecule is c1cc(COC2CCCCC2)ccc1CCCN1CCOCC1. The lowest BCUT2D eigenvalue weighted by Crippen LogP contribution is -2.36. The Bertz CT molecular complexity index is 433. The molecule has 0 spiro atoms. The molecule has 1 saturated carbocycles. The molecule has 0 amide bonds. The summed E-state index contributed by atoms with van der Waals surface area (Å²) in [6.07, 6.45) is 9.47. The average molecular weight is 317 g/mol. The van der Waals surface area contributed by atoms with E-state index >= 15 is 0 Å². The van der Waals surface area contributed by atoms with Crippen LogP contribution in [0.2, 0.25) is 0 Å². The lowest BCUT2D eigenvalue weighted by molar-refractivity contribution is 0.0168. The third kappa shape index (κ3) is 5.91. The van der Waals surface area contributed by atoms with Gasteiger partial charge in [0.25, 0.3) is 0 Å². The maximum absolute atomic E-state index is 6.05. The summed E-state index contributed by atoms with van der Waals surface area (Å²) in [7, 11) is 0. The van der Waals surface area contributed by atoms with E-state index in [0.29, 0.717) is 6.10 Å². The van der Waals surface area contributed by atoms with Crippen molar-refractivity contribution in [2.45, 2.75) is 57.7 Å². The van der Waals surface area contributed by atoms with Gasteiger partial charge in [0.15, 0.2) is 0 Å². The van der Waals surface area contributed by atoms with Crippen LogP contribution in [0.25, 0.3) is 0 Å². The van der Waals surface area contributed by atoms with Crippen molar-refractivity contribution in [1.82, 2.24) is 4.90 Å². The molecule has 23 heavy (non-hydrogen) atoms. The number of ether oxygens (including phenoxy) is 2. The number of morpholine rings is 1. The number of nitrogens with zero attached hydrogens (tertiary/aromatic N) is 1. The number of rotatable bonds is 7. The molecule has 0 aromatic heterocycles. The van der Waals surface area contributed by atoms with E-state index in [9.17, 15) is 0 Å². The Hall–Kier alpha value is -0.900. The van der Waals surface area contributed by atoms with Crippen LogP contribution in [0.5, 0.6) is 0 Å². The highest BCUT2D eigenvalue weighted by Gasteiger charge is 2.13. The first kappa shape index (κ1) is 16.9. The van der Waals surface area contributed by atoms with E-state index in [0.717, 1.165) is 32.9 Å². The smallest absolute Gasteiger partial charge is 0.0720 e. The van der Waals surface area contributed by atoms with Crippen LogP contribution in [0.1, 0.15) is 49.7 Å². The Labute approximate surface area is 141 Å². The second kappa shape index (κ2) is 9.41. The van der Waals surface area contributed by atoms with E-state index in [2.05, 4.69) is 29.2 Å². The first-order valence-electron chi connectivity index (χ1n) is 9.40. The van der Waals surface area contributed by atoms with Crippen LogP contribution < -0.4 is 0 Å². The molecule has 0 unspecified atom stereocenters. The number of benzene rings is 1. The van der Waals surface area contributed by atoms with Gasteiger partial charge in [-0.3, -0.25) is 4.90 Å². The van der Waals surface area contributed by atoms with Crippen molar-refractivity contribution in [3.05, 3.63) is 35.4 Å². The highest BCUT2D eigenvalue weighted by Crippen LogP contribution is 2.21. The van der Waals surface area contributed by atoms with E-state index in [4.69, 9.17) is 9.47 Å². The maximum Gasteiger partial charge on any atom is 0.0720 e. The standard InChI is InChI=1S/C20H31NO2/c1-2-6-20(7-3-1)23-17-19-10-8-18(9-11-19)5-4-12-21-13-15-22-16-14-21/h8-11,20H,1-7,12-17H2. The molecule has 0 radical (unpaired) electrons. The summed E-state index contributed by atoms with van der Waals surface area (Å²) >= 11 is 0. The fraction of sp³-hybridized carbons (Fsp3) is 0.700. The predicted octanol–water partition coefficient (Wildman–Crippen LogP) is 3.80. The number of hydrogen-bond acceptors (Lipinski definition) is 3. The van der Waals surface area contributed by atoms with E-state index in [-0.39, 0.29) is 0 Å². The second-order valence-corrected chi connectivity index (χ2v) is 6.95. The van der Waals surface area contributed by atoms with Gasteiger partial charge in [-0.1, -0.05) is 43.5 Å². The molecule has 2 aliphatic rings. The topological polar surface area (TPSA) is 21.7 Å². The summed E-state index contributed by atoms with van der Waals surface area (Å²) < 4.78 is 11.4. The fourth-order valence-corrected chi connectivity index (χ4v) is 3.58. The van der Waals surface area contributed by atoms with Gasteiger partial charge in [0, 0.05) is 13.1 Å². The van der Waals surface area contributed by atoms with Crippen LogP contribution in [0, 0.1) is 0 Å². The average Bonchev–Trinajstić information content (AvgIpc) is 2.63. The zero-order valence-electron chi connectivity index (χ0n) is 14.3. The van der Waals surface area contributed by atoms with Crippen molar-refractivity contribution < 1.29 is 9.47 Å². The molecule has 3 heteroatoms. The van der Waals surface area contributed by atoms with Gasteiger partial charge in [0.2, 0.25) is 0 Å². The lowest BCUT2D eigenvalue weighted by Gasteiger charge is -2.26. The molecule has 1 aromatic carbocycles. The number of aryl methyl sites for hydroxylation is 1. The normalized spacial score (nSPS) is 20.7. The Morgan fingerprint density at radius 3 is 2.39 bits per heavy atom. The van der Waals surface area contributed by atoms with Crippen molar-refractivity contribution in [2.75, 3.05) is 32.8 Å². The van der Waals surface area contributed by atoms with Crippen molar-refractivity contribution in [3.63, 3.8) is 0 Å². The summed E-state index contributed by atoms with van der Waals surface area (Å²) in [6, 6.07) is 9.04. The molecule has 2 fully saturated rings. The van der Waals surface area contributed by atoms with Gasteiger partial charge < -0.3 is 9.47 Å². The molecule has 1 aliphatic heterocycles. The molecule has 3 nitrogen and oxygen atoms in total. The molecule has 1 saturated heterocycles. The Kier molecular flexibility index (Phi) is 6.93. The molecule has 0 atom stereocenters. The van der Waals surface area contributed by atoms with Gasteiger partial charge in [0.05, 0.1) is 25.9 Å². The van der Waals surface area contributed by atoms with E-state index in [1.165, 1.54) is 62.6 Å². The van der Waals surface area contributed by atoms with E-state index < -0.39 is 0 Å². The molecule has 0 bridgehead atoms. The van der Waals surface area contributed by atoms with Crippen molar-refractivity contribution in [2.24, 2.45) is 0 Å². The molecular formula is C20H31NO2. The van der Waals surface area contributed by atoms with Crippen molar-refractivity contribution in [3.8, 4) is 0 Å². The Balaban J connectivity index is 1.34. The van der Waals surface area contributed by atoms with Gasteiger partial charge in [-0.05, 0) is 43.4 Å². The van der Waals surface area contributed by atoms with Crippen LogP contribution in [-0.2, 0) is 22.5 Å². The van der Waals surface area contributed by atoms with Crippen LogP contribution in [-0.4, -0.2) is 43.9 Å². The van der Waals surface area contributed by atoms with Gasteiger partial charge in [0.1, 0.15) is 0 Å². The van der Waals surface area contributed by atoms with Crippen LogP contribution in [0.4, 0.5) is 0 Å². The van der Waals surface area contributed by atoms with Crippen LogP contribution >= 0.6 is 0 Å². The van der Waals surface area contributed by atoms with Gasteiger partial charge >= 0.3 is 0 Å². The minimum Gasteiger partial charge on any atom is -0.379 e. The highest BCUT2D eigenvalue weighted by molar-refractivity contribution is 5.22. The van der Waals surface area contributed by atoms with Gasteiger partial charge in [-0.25, -0.2) is 0 Å². The first-order valence-corrected chi connectivity index (χ1v) is 9.40. The number of hydrogen-bond donors (Lipinski definition) is 0. The third-order valence-electron chi connectivity index (χ3n) is 5.10. The molecule has 1 aromatic rings. The van der Waals surface area contributed by atoms with Gasteiger partial charge in [-0.15, -0.1) is 0 Å². The Morgan fingerprint density at radius 1 is 0.957 bits per heavy atom. The summed E-state index contributed by atoms with van der Waals surface area (Å²) in [5, 5.41) is 0. The second-order valence-electron chi connectivity index (χ2n) is 6.95. The fourth-order valence-electron chi connectivity index (χ4n) is 3.58. The van der Waals surface area contributed by atoms with Crippen LogP contribution in [0.15, 0.2) is 24.3 Å². The molecule has 0 N–H and O–H groups in total. The largest absolute Gasteiger partial charge is 0.379 e. The molecule has 1 heterocycles. The molecule has 128 valence electrons. The maximum atomic E-state index is 6.05. The highest BCUT2D eigenvalue weighted by atomic mass is 16.5. The van der Waals surface area contributed by atoms with Crippen molar-refractivity contribution in [1.29, 1.82) is 0 Å². The summed E-state index contributed by atoms with van der Waals surface area (Å²) in [4.78, 5) is 2.51. The first-order chi connectivity index (χ1) is 11.4. The van der Waals surface area contributed by atoms with Crippen molar-refractivity contribution >= 4 is 0 Å². The predicted molar refractivity (Wildman–Crippen MR) is 93.7 cm³/mol. The third-order valence-corrected chi connectivity index (χ3v) is 5.10. The van der Waals surface area contributed by atoms with E-state index in [1.54, 1.807) is 0 Å². The summed E-state index contributed by atoms with van der Waals surface area (Å²) in [5.41, 5.74) is 2.76. The van der Waals surface area contributed by atoms with E-state index in [1.807, 2.05) is 0 Å². The molecule has 3 rings (SSSR count). The summed E-state index contributed by atoms with van der Waals surface area (Å²) in [6.45, 7) is 5.95. The van der Waals surface area contributed by atoms with Crippen LogP contribution in [0.3, 0.4) is 0 Å². The Morgan fingerprint density at radius 2 is 1.65 bits per heavy atom. The zero-order chi connectivity index (χ0) is 15.7.